The van der Waals surface area contributed by atoms with Crippen molar-refractivity contribution in [2.24, 2.45) is 0 Å². The Morgan fingerprint density at radius 1 is 1.45 bits per heavy atom. The normalized spacial score (nSPS) is 23.8. The van der Waals surface area contributed by atoms with Gasteiger partial charge in [0.2, 0.25) is 0 Å². The minimum atomic E-state index is -0.784. The zero-order valence-corrected chi connectivity index (χ0v) is 13.5. The summed E-state index contributed by atoms with van der Waals surface area (Å²) in [5.74, 6) is -0.759. The lowest BCUT2D eigenvalue weighted by molar-refractivity contribution is -0.144. The summed E-state index contributed by atoms with van der Waals surface area (Å²) in [6.07, 6.45) is 5.27. The molecule has 118 valence electrons. The highest BCUT2D eigenvalue weighted by molar-refractivity contribution is 5.78. The molecule has 1 saturated heterocycles. The molecule has 0 spiro atoms. The van der Waals surface area contributed by atoms with Crippen LogP contribution in [0.3, 0.4) is 0 Å². The molecule has 0 aliphatic carbocycles. The molecule has 2 unspecified atom stereocenters. The first-order valence-corrected chi connectivity index (χ1v) is 7.70. The third kappa shape index (κ3) is 5.04. The van der Waals surface area contributed by atoms with Crippen LogP contribution in [-0.2, 0) is 4.79 Å². The molecule has 0 amide bonds. The third-order valence-electron chi connectivity index (χ3n) is 4.64. The van der Waals surface area contributed by atoms with Crippen LogP contribution in [0.4, 0.5) is 0 Å². The van der Waals surface area contributed by atoms with Crippen molar-refractivity contribution in [2.45, 2.75) is 50.6 Å². The second-order valence-electron chi connectivity index (χ2n) is 6.40. The van der Waals surface area contributed by atoms with Crippen LogP contribution in [0.15, 0.2) is 0 Å². The van der Waals surface area contributed by atoms with Gasteiger partial charge in [0, 0.05) is 12.6 Å². The van der Waals surface area contributed by atoms with Gasteiger partial charge in [-0.15, -0.1) is 0 Å². The molecule has 2 atom stereocenters. The van der Waals surface area contributed by atoms with Gasteiger partial charge in [0.25, 0.3) is 0 Å². The van der Waals surface area contributed by atoms with Gasteiger partial charge in [-0.25, -0.2) is 0 Å². The SMILES string of the molecule is CNC(C)(CCCCN1CCCC(N(C)C)C1)C(=O)O. The molecule has 1 rings (SSSR count). The number of hydrogen-bond donors (Lipinski definition) is 2. The van der Waals surface area contributed by atoms with E-state index in [4.69, 9.17) is 0 Å². The first kappa shape index (κ1) is 17.4. The number of carbonyl (C=O) groups is 1. The fourth-order valence-electron chi connectivity index (χ4n) is 2.81. The van der Waals surface area contributed by atoms with Gasteiger partial charge >= 0.3 is 5.97 Å². The molecule has 0 aromatic heterocycles. The Morgan fingerprint density at radius 3 is 2.70 bits per heavy atom. The Morgan fingerprint density at radius 2 is 2.15 bits per heavy atom. The molecule has 5 heteroatoms. The van der Waals surface area contributed by atoms with E-state index < -0.39 is 11.5 Å². The molecule has 1 heterocycles. The maximum absolute atomic E-state index is 11.2. The second-order valence-corrected chi connectivity index (χ2v) is 6.40. The molecule has 5 nitrogen and oxygen atoms in total. The fraction of sp³-hybridized carbons (Fsp3) is 0.933. The van der Waals surface area contributed by atoms with Crippen molar-refractivity contribution in [3.05, 3.63) is 0 Å². The summed E-state index contributed by atoms with van der Waals surface area (Å²) < 4.78 is 0. The highest BCUT2D eigenvalue weighted by atomic mass is 16.4. The maximum atomic E-state index is 11.2. The Hall–Kier alpha value is -0.650. The number of hydrogen-bond acceptors (Lipinski definition) is 4. The van der Waals surface area contributed by atoms with Gasteiger partial charge in [-0.1, -0.05) is 0 Å². The van der Waals surface area contributed by atoms with Crippen LogP contribution in [0, 0.1) is 0 Å². The zero-order chi connectivity index (χ0) is 15.2. The number of carboxylic acids is 1. The molecule has 0 aromatic carbocycles. The van der Waals surface area contributed by atoms with Crippen molar-refractivity contribution in [2.75, 3.05) is 40.8 Å². The smallest absolute Gasteiger partial charge is 0.323 e. The zero-order valence-electron chi connectivity index (χ0n) is 13.5. The number of likely N-dealkylation sites (tertiary alicyclic amines) is 1. The molecular weight excluding hydrogens is 254 g/mol. The van der Waals surface area contributed by atoms with E-state index >= 15 is 0 Å². The largest absolute Gasteiger partial charge is 0.480 e. The number of nitrogens with one attached hydrogen (secondary N) is 1. The molecule has 0 saturated carbocycles. The van der Waals surface area contributed by atoms with Gasteiger partial charge < -0.3 is 20.2 Å². The van der Waals surface area contributed by atoms with E-state index in [9.17, 15) is 9.90 Å². The van der Waals surface area contributed by atoms with Crippen molar-refractivity contribution in [3.8, 4) is 0 Å². The molecule has 20 heavy (non-hydrogen) atoms. The van der Waals surface area contributed by atoms with Gasteiger partial charge in [0.05, 0.1) is 0 Å². The maximum Gasteiger partial charge on any atom is 0.323 e. The molecular formula is C15H31N3O2. The van der Waals surface area contributed by atoms with E-state index in [2.05, 4.69) is 29.2 Å². The predicted molar refractivity (Wildman–Crippen MR) is 82.1 cm³/mol. The number of rotatable bonds is 8. The lowest BCUT2D eigenvalue weighted by atomic mass is 9.95. The highest BCUT2D eigenvalue weighted by Crippen LogP contribution is 2.17. The first-order chi connectivity index (χ1) is 9.39. The van der Waals surface area contributed by atoms with Gasteiger partial charge in [0.1, 0.15) is 5.54 Å². The molecule has 2 N–H and O–H groups in total. The number of likely N-dealkylation sites (N-methyl/N-ethyl adjacent to an activating group) is 2. The highest BCUT2D eigenvalue weighted by Gasteiger charge is 2.30. The Labute approximate surface area is 123 Å². The average molecular weight is 285 g/mol. The van der Waals surface area contributed by atoms with Crippen molar-refractivity contribution in [1.82, 2.24) is 15.1 Å². The van der Waals surface area contributed by atoms with Crippen LogP contribution in [0.25, 0.3) is 0 Å². The topological polar surface area (TPSA) is 55.8 Å². The van der Waals surface area contributed by atoms with Crippen LogP contribution in [0.5, 0.6) is 0 Å². The molecule has 1 aliphatic heterocycles. The lowest BCUT2D eigenvalue weighted by Crippen LogP contribution is -2.47. The van der Waals surface area contributed by atoms with Crippen LogP contribution in [-0.4, -0.2) is 73.2 Å². The minimum Gasteiger partial charge on any atom is -0.480 e. The summed E-state index contributed by atoms with van der Waals surface area (Å²) in [4.78, 5) is 16.0. The van der Waals surface area contributed by atoms with Crippen molar-refractivity contribution in [3.63, 3.8) is 0 Å². The first-order valence-electron chi connectivity index (χ1n) is 7.70. The van der Waals surface area contributed by atoms with Crippen molar-refractivity contribution in [1.29, 1.82) is 0 Å². The fourth-order valence-corrected chi connectivity index (χ4v) is 2.81. The van der Waals surface area contributed by atoms with Gasteiger partial charge in [-0.2, -0.15) is 0 Å². The summed E-state index contributed by atoms with van der Waals surface area (Å²) in [5, 5.41) is 12.1. The Kier molecular flexibility index (Phi) is 6.92. The standard InChI is InChI=1S/C15H31N3O2/c1-15(16-2,14(19)20)9-5-6-10-18-11-7-8-13(12-18)17(3)4/h13,16H,5-12H2,1-4H3,(H,19,20). The molecule has 0 bridgehead atoms. The molecule has 0 aromatic rings. The average Bonchev–Trinajstić information content (AvgIpc) is 2.43. The van der Waals surface area contributed by atoms with Crippen LogP contribution >= 0.6 is 0 Å². The Balaban J connectivity index is 2.25. The number of nitrogens with zero attached hydrogens (tertiary/aromatic N) is 2. The van der Waals surface area contributed by atoms with E-state index in [0.29, 0.717) is 12.5 Å². The third-order valence-corrected chi connectivity index (χ3v) is 4.64. The molecule has 1 fully saturated rings. The van der Waals surface area contributed by atoms with E-state index in [1.54, 1.807) is 14.0 Å². The Bertz CT molecular complexity index is 309. The number of unbranched alkanes of at least 4 members (excludes halogenated alkanes) is 1. The summed E-state index contributed by atoms with van der Waals surface area (Å²) in [5.41, 5.74) is -0.784. The number of aliphatic carboxylic acids is 1. The monoisotopic (exact) mass is 285 g/mol. The van der Waals surface area contributed by atoms with Crippen molar-refractivity contribution < 1.29 is 9.90 Å². The summed E-state index contributed by atoms with van der Waals surface area (Å²) >= 11 is 0. The quantitative estimate of drug-likeness (QED) is 0.657. The van der Waals surface area contributed by atoms with E-state index in [1.165, 1.54) is 19.4 Å². The number of piperidine rings is 1. The summed E-state index contributed by atoms with van der Waals surface area (Å²) in [7, 11) is 6.03. The second kappa shape index (κ2) is 7.96. The van der Waals surface area contributed by atoms with Gasteiger partial charge in [-0.05, 0) is 73.3 Å². The number of carboxylic acid groups (broad SMARTS) is 1. The van der Waals surface area contributed by atoms with Gasteiger partial charge in [-0.3, -0.25) is 4.79 Å². The van der Waals surface area contributed by atoms with Crippen LogP contribution in [0.2, 0.25) is 0 Å². The molecule has 0 radical (unpaired) electrons. The van der Waals surface area contributed by atoms with Gasteiger partial charge in [0.15, 0.2) is 0 Å². The van der Waals surface area contributed by atoms with E-state index in [-0.39, 0.29) is 0 Å². The molecule has 1 aliphatic rings. The van der Waals surface area contributed by atoms with Crippen LogP contribution in [0.1, 0.15) is 39.0 Å². The lowest BCUT2D eigenvalue weighted by Gasteiger charge is -2.36. The minimum absolute atomic E-state index is 0.672. The van der Waals surface area contributed by atoms with Crippen LogP contribution < -0.4 is 5.32 Å². The summed E-state index contributed by atoms with van der Waals surface area (Å²) in [6.45, 7) is 5.18. The van der Waals surface area contributed by atoms with E-state index in [1.807, 2.05) is 0 Å². The summed E-state index contributed by atoms with van der Waals surface area (Å²) in [6, 6.07) is 0.672. The van der Waals surface area contributed by atoms with Crippen molar-refractivity contribution >= 4 is 5.97 Å². The van der Waals surface area contributed by atoms with E-state index in [0.717, 1.165) is 25.9 Å². The predicted octanol–water partition coefficient (Wildman–Crippen LogP) is 1.25.